The third-order valence-electron chi connectivity index (χ3n) is 1.80. The monoisotopic (exact) mass is 242 g/mol. The second-order valence-corrected chi connectivity index (χ2v) is 5.05. The molecular weight excluding hydrogens is 235 g/mol. The Morgan fingerprint density at radius 3 is 2.62 bits per heavy atom. The van der Waals surface area contributed by atoms with Crippen LogP contribution >= 0.6 is 0 Å². The van der Waals surface area contributed by atoms with Gasteiger partial charge < -0.3 is 4.42 Å². The van der Waals surface area contributed by atoms with Crippen LogP contribution in [0.4, 0.5) is 4.39 Å². The van der Waals surface area contributed by atoms with Gasteiger partial charge in [-0.05, 0) is 18.2 Å². The van der Waals surface area contributed by atoms with Crippen molar-refractivity contribution in [1.82, 2.24) is 10.2 Å². The molecule has 0 saturated carbocycles. The second kappa shape index (κ2) is 3.67. The van der Waals surface area contributed by atoms with E-state index in [-0.39, 0.29) is 5.89 Å². The molecule has 16 heavy (non-hydrogen) atoms. The SMILES string of the molecule is CS(=O)(=O)c1nnc(-c2cccc(F)c2)o1. The van der Waals surface area contributed by atoms with Crippen LogP contribution in [0.2, 0.25) is 0 Å². The predicted octanol–water partition coefficient (Wildman–Crippen LogP) is 1.28. The lowest BCUT2D eigenvalue weighted by atomic mass is 10.2. The molecule has 0 aliphatic rings. The second-order valence-electron chi connectivity index (χ2n) is 3.16. The maximum absolute atomic E-state index is 12.9. The minimum atomic E-state index is -3.53. The van der Waals surface area contributed by atoms with E-state index in [1.54, 1.807) is 6.07 Å². The molecule has 0 amide bonds. The van der Waals surface area contributed by atoms with Crippen molar-refractivity contribution in [3.05, 3.63) is 30.1 Å². The van der Waals surface area contributed by atoms with Crippen molar-refractivity contribution < 1.29 is 17.2 Å². The van der Waals surface area contributed by atoms with Gasteiger partial charge in [-0.25, -0.2) is 12.8 Å². The number of halogens is 1. The Balaban J connectivity index is 2.47. The first-order valence-electron chi connectivity index (χ1n) is 4.26. The molecule has 0 saturated heterocycles. The highest BCUT2D eigenvalue weighted by Crippen LogP contribution is 2.20. The summed E-state index contributed by atoms with van der Waals surface area (Å²) in [5, 5.41) is 6.42. The molecule has 0 aliphatic heterocycles. The summed E-state index contributed by atoms with van der Waals surface area (Å²) >= 11 is 0. The van der Waals surface area contributed by atoms with Crippen molar-refractivity contribution in [2.24, 2.45) is 0 Å². The summed E-state index contributed by atoms with van der Waals surface area (Å²) in [4.78, 5) is 0. The molecule has 1 aromatic carbocycles. The molecule has 2 aromatic rings. The number of hydrogen-bond donors (Lipinski definition) is 0. The van der Waals surface area contributed by atoms with Crippen LogP contribution in [-0.4, -0.2) is 24.9 Å². The van der Waals surface area contributed by atoms with Crippen LogP contribution in [-0.2, 0) is 9.84 Å². The third-order valence-corrected chi connectivity index (χ3v) is 2.59. The molecule has 0 bridgehead atoms. The number of sulfone groups is 1. The lowest BCUT2D eigenvalue weighted by molar-refractivity contribution is 0.441. The highest BCUT2D eigenvalue weighted by Gasteiger charge is 2.17. The Kier molecular flexibility index (Phi) is 2.47. The maximum atomic E-state index is 12.9. The molecule has 0 unspecified atom stereocenters. The van der Waals surface area contributed by atoms with E-state index in [1.807, 2.05) is 0 Å². The van der Waals surface area contributed by atoms with Crippen LogP contribution < -0.4 is 0 Å². The van der Waals surface area contributed by atoms with Gasteiger partial charge in [0.15, 0.2) is 0 Å². The van der Waals surface area contributed by atoms with Gasteiger partial charge in [0, 0.05) is 11.8 Å². The molecule has 84 valence electrons. The van der Waals surface area contributed by atoms with Crippen LogP contribution in [0, 0.1) is 5.82 Å². The standard InChI is InChI=1S/C9H7FN2O3S/c1-16(13,14)9-12-11-8(15-9)6-3-2-4-7(10)5-6/h2-5H,1H3. The minimum absolute atomic E-state index is 0.0278. The Hall–Kier alpha value is -1.76. The Morgan fingerprint density at radius 2 is 2.06 bits per heavy atom. The smallest absolute Gasteiger partial charge is 0.335 e. The Labute approximate surface area is 90.8 Å². The van der Waals surface area contributed by atoms with Gasteiger partial charge in [-0.15, -0.1) is 5.10 Å². The van der Waals surface area contributed by atoms with Crippen molar-refractivity contribution >= 4 is 9.84 Å². The number of aromatic nitrogens is 2. The average Bonchev–Trinajstić information content (AvgIpc) is 2.65. The lowest BCUT2D eigenvalue weighted by Gasteiger charge is -1.93. The number of rotatable bonds is 2. The molecule has 0 spiro atoms. The van der Waals surface area contributed by atoms with E-state index in [4.69, 9.17) is 4.42 Å². The number of hydrogen-bond acceptors (Lipinski definition) is 5. The van der Waals surface area contributed by atoms with Gasteiger partial charge in [0.05, 0.1) is 0 Å². The molecule has 1 heterocycles. The Morgan fingerprint density at radius 1 is 1.31 bits per heavy atom. The van der Waals surface area contributed by atoms with Crippen molar-refractivity contribution in [1.29, 1.82) is 0 Å². The summed E-state index contributed by atoms with van der Waals surface area (Å²) in [6, 6.07) is 5.45. The van der Waals surface area contributed by atoms with Crippen LogP contribution in [0.1, 0.15) is 0 Å². The quantitative estimate of drug-likeness (QED) is 0.793. The topological polar surface area (TPSA) is 73.1 Å². The number of nitrogens with zero attached hydrogens (tertiary/aromatic N) is 2. The van der Waals surface area contributed by atoms with Crippen molar-refractivity contribution in [2.75, 3.05) is 6.26 Å². The average molecular weight is 242 g/mol. The molecule has 0 radical (unpaired) electrons. The van der Waals surface area contributed by atoms with E-state index in [1.165, 1.54) is 18.2 Å². The summed E-state index contributed by atoms with van der Waals surface area (Å²) in [5.74, 6) is -0.489. The largest absolute Gasteiger partial charge is 0.408 e. The van der Waals surface area contributed by atoms with Gasteiger partial charge in [0.2, 0.25) is 15.7 Å². The summed E-state index contributed by atoms with van der Waals surface area (Å²) in [5.41, 5.74) is 0.336. The van der Waals surface area contributed by atoms with E-state index < -0.39 is 20.9 Å². The normalized spacial score (nSPS) is 11.6. The molecule has 0 atom stereocenters. The first-order valence-corrected chi connectivity index (χ1v) is 6.15. The molecular formula is C9H7FN2O3S. The zero-order valence-electron chi connectivity index (χ0n) is 8.21. The molecule has 2 rings (SSSR count). The molecule has 0 fully saturated rings. The summed E-state index contributed by atoms with van der Waals surface area (Å²) in [7, 11) is -3.53. The van der Waals surface area contributed by atoms with E-state index in [9.17, 15) is 12.8 Å². The van der Waals surface area contributed by atoms with Crippen LogP contribution in [0.25, 0.3) is 11.5 Å². The van der Waals surface area contributed by atoms with Crippen molar-refractivity contribution in [3.63, 3.8) is 0 Å². The fourth-order valence-corrected chi connectivity index (χ4v) is 1.52. The summed E-state index contributed by atoms with van der Waals surface area (Å²) < 4.78 is 39.9. The molecule has 7 heteroatoms. The molecule has 0 aliphatic carbocycles. The van der Waals surface area contributed by atoms with Crippen molar-refractivity contribution in [2.45, 2.75) is 5.22 Å². The molecule has 0 N–H and O–H groups in total. The van der Waals surface area contributed by atoms with Crippen LogP contribution in [0.3, 0.4) is 0 Å². The first-order chi connectivity index (χ1) is 7.47. The van der Waals surface area contributed by atoms with E-state index in [0.29, 0.717) is 5.56 Å². The van der Waals surface area contributed by atoms with Gasteiger partial charge in [-0.1, -0.05) is 11.2 Å². The fourth-order valence-electron chi connectivity index (χ4n) is 1.10. The summed E-state index contributed by atoms with van der Waals surface area (Å²) in [6.07, 6.45) is 0.954. The van der Waals surface area contributed by atoms with E-state index >= 15 is 0 Å². The highest BCUT2D eigenvalue weighted by atomic mass is 32.2. The third kappa shape index (κ3) is 2.08. The van der Waals surface area contributed by atoms with E-state index in [2.05, 4.69) is 10.2 Å². The first kappa shape index (κ1) is 10.7. The van der Waals surface area contributed by atoms with Gasteiger partial charge in [0.25, 0.3) is 0 Å². The van der Waals surface area contributed by atoms with Crippen LogP contribution in [0.15, 0.2) is 33.9 Å². The predicted molar refractivity (Wildman–Crippen MR) is 52.8 cm³/mol. The maximum Gasteiger partial charge on any atom is 0.335 e. The molecule has 1 aromatic heterocycles. The lowest BCUT2D eigenvalue weighted by Crippen LogP contribution is -1.96. The molecule has 5 nitrogen and oxygen atoms in total. The summed E-state index contributed by atoms with van der Waals surface area (Å²) in [6.45, 7) is 0. The fraction of sp³-hybridized carbons (Fsp3) is 0.111. The van der Waals surface area contributed by atoms with Gasteiger partial charge >= 0.3 is 5.22 Å². The highest BCUT2D eigenvalue weighted by molar-refractivity contribution is 7.90. The zero-order valence-corrected chi connectivity index (χ0v) is 9.03. The minimum Gasteiger partial charge on any atom is -0.408 e. The van der Waals surface area contributed by atoms with Crippen LogP contribution in [0.5, 0.6) is 0 Å². The van der Waals surface area contributed by atoms with E-state index in [0.717, 1.165) is 6.26 Å². The Bertz CT molecular complexity index is 621. The zero-order chi connectivity index (χ0) is 11.8. The number of benzene rings is 1. The van der Waals surface area contributed by atoms with Gasteiger partial charge in [-0.2, -0.15) is 0 Å². The van der Waals surface area contributed by atoms with Gasteiger partial charge in [-0.3, -0.25) is 0 Å². The van der Waals surface area contributed by atoms with Crippen molar-refractivity contribution in [3.8, 4) is 11.5 Å². The van der Waals surface area contributed by atoms with Gasteiger partial charge in [0.1, 0.15) is 5.82 Å².